The molecule has 0 bridgehead atoms. The van der Waals surface area contributed by atoms with Gasteiger partial charge in [0.2, 0.25) is 0 Å². The number of nitriles is 1. The molecule has 4 nitrogen and oxygen atoms in total. The highest BCUT2D eigenvalue weighted by Crippen LogP contribution is 2.24. The van der Waals surface area contributed by atoms with Crippen molar-refractivity contribution in [3.05, 3.63) is 71.4 Å². The van der Waals surface area contributed by atoms with Crippen LogP contribution in [0.3, 0.4) is 0 Å². The first-order chi connectivity index (χ1) is 12.1. The zero-order chi connectivity index (χ0) is 17.8. The Balaban J connectivity index is 1.94. The molecule has 1 amide bonds. The molecule has 0 aliphatic rings. The van der Waals surface area contributed by atoms with Gasteiger partial charge in [-0.1, -0.05) is 35.9 Å². The van der Waals surface area contributed by atoms with E-state index in [9.17, 15) is 10.1 Å². The normalized spacial score (nSPS) is 11.3. The molecule has 0 aliphatic heterocycles. The van der Waals surface area contributed by atoms with E-state index in [1.807, 2.05) is 67.7 Å². The Hall–Kier alpha value is -3.32. The van der Waals surface area contributed by atoms with E-state index in [0.717, 1.165) is 28.6 Å². The molecule has 124 valence electrons. The zero-order valence-electron chi connectivity index (χ0n) is 14.3. The van der Waals surface area contributed by atoms with Gasteiger partial charge in [0.15, 0.2) is 0 Å². The number of fused-ring (bicyclic) bond motifs is 1. The lowest BCUT2D eigenvalue weighted by Crippen LogP contribution is -2.13. The first kappa shape index (κ1) is 16.5. The Kier molecular flexibility index (Phi) is 4.67. The molecule has 1 aromatic heterocycles. The summed E-state index contributed by atoms with van der Waals surface area (Å²) in [4.78, 5) is 12.4. The van der Waals surface area contributed by atoms with E-state index in [0.29, 0.717) is 5.69 Å². The number of aryl methyl sites for hydroxylation is 2. The molecule has 2 aromatic carbocycles. The quantitative estimate of drug-likeness (QED) is 0.565. The van der Waals surface area contributed by atoms with E-state index < -0.39 is 5.91 Å². The lowest BCUT2D eigenvalue weighted by atomic mass is 10.1. The molecule has 3 rings (SSSR count). The summed E-state index contributed by atoms with van der Waals surface area (Å²) in [7, 11) is 0. The van der Waals surface area contributed by atoms with Crippen LogP contribution in [0, 0.1) is 18.3 Å². The molecule has 0 spiro atoms. The molecule has 25 heavy (non-hydrogen) atoms. The summed E-state index contributed by atoms with van der Waals surface area (Å²) < 4.78 is 2.11. The van der Waals surface area contributed by atoms with Crippen LogP contribution in [-0.2, 0) is 11.3 Å². The Morgan fingerprint density at radius 2 is 1.92 bits per heavy atom. The van der Waals surface area contributed by atoms with Gasteiger partial charge >= 0.3 is 0 Å². The van der Waals surface area contributed by atoms with Crippen LogP contribution in [0.2, 0.25) is 0 Å². The van der Waals surface area contributed by atoms with Crippen LogP contribution in [0.1, 0.15) is 18.1 Å². The number of nitrogens with zero attached hydrogens (tertiary/aromatic N) is 2. The molecular formula is C21H19N3O. The van der Waals surface area contributed by atoms with Gasteiger partial charge in [-0.2, -0.15) is 5.26 Å². The van der Waals surface area contributed by atoms with E-state index in [1.165, 1.54) is 0 Å². The fraction of sp³-hybridized carbons (Fsp3) is 0.143. The molecule has 0 unspecified atom stereocenters. The molecule has 1 N–H and O–H groups in total. The summed E-state index contributed by atoms with van der Waals surface area (Å²) in [6.45, 7) is 4.87. The van der Waals surface area contributed by atoms with Crippen molar-refractivity contribution in [1.82, 2.24) is 4.57 Å². The third-order valence-corrected chi connectivity index (χ3v) is 4.13. The van der Waals surface area contributed by atoms with Crippen molar-refractivity contribution >= 4 is 28.6 Å². The molecule has 0 aliphatic carbocycles. The second kappa shape index (κ2) is 7.06. The van der Waals surface area contributed by atoms with Crippen LogP contribution in [0.5, 0.6) is 0 Å². The molecule has 0 atom stereocenters. The molecule has 1 heterocycles. The Bertz CT molecular complexity index is 988. The minimum Gasteiger partial charge on any atom is -0.347 e. The van der Waals surface area contributed by atoms with E-state index in [1.54, 1.807) is 6.08 Å². The Morgan fingerprint density at radius 3 is 2.60 bits per heavy atom. The average molecular weight is 329 g/mol. The number of benzene rings is 2. The van der Waals surface area contributed by atoms with Gasteiger partial charge in [0.1, 0.15) is 11.6 Å². The van der Waals surface area contributed by atoms with Crippen LogP contribution in [-0.4, -0.2) is 10.5 Å². The van der Waals surface area contributed by atoms with Gasteiger partial charge < -0.3 is 9.88 Å². The van der Waals surface area contributed by atoms with Crippen molar-refractivity contribution < 1.29 is 4.79 Å². The van der Waals surface area contributed by atoms with Gasteiger partial charge in [0, 0.05) is 34.9 Å². The monoisotopic (exact) mass is 329 g/mol. The van der Waals surface area contributed by atoms with Gasteiger partial charge in [-0.15, -0.1) is 0 Å². The predicted octanol–water partition coefficient (Wildman–Crippen LogP) is 4.52. The van der Waals surface area contributed by atoms with Gasteiger partial charge in [-0.05, 0) is 38.1 Å². The molecule has 0 saturated heterocycles. The molecule has 0 saturated carbocycles. The smallest absolute Gasteiger partial charge is 0.266 e. The van der Waals surface area contributed by atoms with Crippen molar-refractivity contribution in [2.75, 3.05) is 5.32 Å². The number of hydrogen-bond donors (Lipinski definition) is 1. The fourth-order valence-electron chi connectivity index (χ4n) is 2.79. The summed E-state index contributed by atoms with van der Waals surface area (Å²) in [5, 5.41) is 13.2. The topological polar surface area (TPSA) is 57.8 Å². The summed E-state index contributed by atoms with van der Waals surface area (Å²) in [5.41, 5.74) is 3.83. The zero-order valence-corrected chi connectivity index (χ0v) is 14.3. The number of para-hydroxylation sites is 1. The highest BCUT2D eigenvalue weighted by Gasteiger charge is 2.12. The molecule has 3 aromatic rings. The standard InChI is InChI=1S/C21H19N3O/c1-3-24-14-17(19-6-4-5-7-20(19)24)12-16(13-22)21(25)23-18-10-8-15(2)9-11-18/h4-12,14H,3H2,1-2H3,(H,23,25)/b16-12-. The maximum Gasteiger partial charge on any atom is 0.266 e. The number of nitrogens with one attached hydrogen (secondary N) is 1. The van der Waals surface area contributed by atoms with Crippen molar-refractivity contribution in [1.29, 1.82) is 5.26 Å². The van der Waals surface area contributed by atoms with Crippen molar-refractivity contribution in [2.45, 2.75) is 20.4 Å². The SMILES string of the molecule is CCn1cc(/C=C(/C#N)C(=O)Nc2ccc(C)cc2)c2ccccc21. The van der Waals surface area contributed by atoms with Crippen LogP contribution < -0.4 is 5.32 Å². The third-order valence-electron chi connectivity index (χ3n) is 4.13. The lowest BCUT2D eigenvalue weighted by Gasteiger charge is -2.04. The summed E-state index contributed by atoms with van der Waals surface area (Å²) in [6, 6.07) is 17.5. The number of carbonyl (C=O) groups excluding carboxylic acids is 1. The highest BCUT2D eigenvalue weighted by atomic mass is 16.1. The second-order valence-corrected chi connectivity index (χ2v) is 5.88. The number of aromatic nitrogens is 1. The van der Waals surface area contributed by atoms with Crippen LogP contribution in [0.15, 0.2) is 60.3 Å². The van der Waals surface area contributed by atoms with E-state index in [4.69, 9.17) is 0 Å². The van der Waals surface area contributed by atoms with Crippen molar-refractivity contribution in [3.63, 3.8) is 0 Å². The van der Waals surface area contributed by atoms with Crippen LogP contribution >= 0.6 is 0 Å². The van der Waals surface area contributed by atoms with E-state index >= 15 is 0 Å². The van der Waals surface area contributed by atoms with E-state index in [-0.39, 0.29) is 5.57 Å². The number of amides is 1. The number of hydrogen-bond acceptors (Lipinski definition) is 2. The van der Waals surface area contributed by atoms with Gasteiger partial charge in [-0.3, -0.25) is 4.79 Å². The van der Waals surface area contributed by atoms with Gasteiger partial charge in [-0.25, -0.2) is 0 Å². The molecule has 0 fully saturated rings. The highest BCUT2D eigenvalue weighted by molar-refractivity contribution is 6.10. The molecule has 4 heteroatoms. The Morgan fingerprint density at radius 1 is 1.20 bits per heavy atom. The first-order valence-corrected chi connectivity index (χ1v) is 8.20. The predicted molar refractivity (Wildman–Crippen MR) is 101 cm³/mol. The third kappa shape index (κ3) is 3.46. The maximum absolute atomic E-state index is 12.4. The molecular weight excluding hydrogens is 310 g/mol. The van der Waals surface area contributed by atoms with Crippen molar-refractivity contribution in [2.24, 2.45) is 0 Å². The lowest BCUT2D eigenvalue weighted by molar-refractivity contribution is -0.112. The Labute approximate surface area is 147 Å². The maximum atomic E-state index is 12.4. The second-order valence-electron chi connectivity index (χ2n) is 5.88. The number of carbonyl (C=O) groups is 1. The number of rotatable bonds is 4. The molecule has 0 radical (unpaired) electrons. The minimum absolute atomic E-state index is 0.0829. The van der Waals surface area contributed by atoms with Crippen LogP contribution in [0.25, 0.3) is 17.0 Å². The fourth-order valence-corrected chi connectivity index (χ4v) is 2.79. The number of anilines is 1. The minimum atomic E-state index is -0.403. The average Bonchev–Trinajstić information content (AvgIpc) is 2.99. The first-order valence-electron chi connectivity index (χ1n) is 8.20. The van der Waals surface area contributed by atoms with E-state index in [2.05, 4.69) is 16.8 Å². The van der Waals surface area contributed by atoms with Gasteiger partial charge in [0.25, 0.3) is 5.91 Å². The summed E-state index contributed by atoms with van der Waals surface area (Å²) >= 11 is 0. The van der Waals surface area contributed by atoms with Crippen LogP contribution in [0.4, 0.5) is 5.69 Å². The summed E-state index contributed by atoms with van der Waals surface area (Å²) in [5.74, 6) is -0.403. The van der Waals surface area contributed by atoms with Gasteiger partial charge in [0.05, 0.1) is 0 Å². The summed E-state index contributed by atoms with van der Waals surface area (Å²) in [6.07, 6.45) is 3.62. The largest absolute Gasteiger partial charge is 0.347 e. The van der Waals surface area contributed by atoms with Crippen molar-refractivity contribution in [3.8, 4) is 6.07 Å².